The van der Waals surface area contributed by atoms with Gasteiger partial charge in [-0.1, -0.05) is 86.0 Å². The molecule has 0 aromatic heterocycles. The van der Waals surface area contributed by atoms with Gasteiger partial charge in [-0.05, 0) is 48.2 Å². The van der Waals surface area contributed by atoms with Gasteiger partial charge in [-0.15, -0.1) is 0 Å². The van der Waals surface area contributed by atoms with Crippen molar-refractivity contribution in [1.82, 2.24) is 0 Å². The Labute approximate surface area is 142 Å². The molecule has 0 spiro atoms. The van der Waals surface area contributed by atoms with Crippen molar-refractivity contribution in [2.45, 2.75) is 82.0 Å². The van der Waals surface area contributed by atoms with Crippen LogP contribution in [0.5, 0.6) is 0 Å². The van der Waals surface area contributed by atoms with Crippen LogP contribution in [0, 0.1) is 17.3 Å². The SMILES string of the molecule is CC.CCC1=C/C(C)(C)CC(C)=CC(C)/C=C\1C(C)C.[B]C. The molecule has 0 fully saturated rings. The van der Waals surface area contributed by atoms with E-state index in [2.05, 4.69) is 74.5 Å². The highest BCUT2D eigenvalue weighted by molar-refractivity contribution is 6.05. The molecule has 1 rings (SSSR count). The third-order valence-corrected chi connectivity index (χ3v) is 3.66. The van der Waals surface area contributed by atoms with E-state index in [9.17, 15) is 0 Å². The molecule has 0 amide bonds. The Morgan fingerprint density at radius 1 is 1.18 bits per heavy atom. The minimum atomic E-state index is 0.268. The second-order valence-electron chi connectivity index (χ2n) is 6.84. The fourth-order valence-corrected chi connectivity index (χ4v) is 3.14. The summed E-state index contributed by atoms with van der Waals surface area (Å²) < 4.78 is 0. The smallest absolute Gasteiger partial charge is 0.0606 e. The minimum Gasteiger partial charge on any atom is -0.0999 e. The molecule has 0 heterocycles. The molecule has 2 radical (unpaired) electrons. The van der Waals surface area contributed by atoms with Crippen LogP contribution in [0.3, 0.4) is 0 Å². The van der Waals surface area contributed by atoms with Gasteiger partial charge in [-0.25, -0.2) is 0 Å². The molecule has 1 heteroatoms. The van der Waals surface area contributed by atoms with Crippen molar-refractivity contribution in [3.05, 3.63) is 34.9 Å². The second kappa shape index (κ2) is 11.8. The van der Waals surface area contributed by atoms with Gasteiger partial charge in [0.05, 0.1) is 7.85 Å². The maximum absolute atomic E-state index is 4.50. The van der Waals surface area contributed by atoms with Crippen molar-refractivity contribution in [3.8, 4) is 0 Å². The van der Waals surface area contributed by atoms with Gasteiger partial charge in [0.25, 0.3) is 0 Å². The quantitative estimate of drug-likeness (QED) is 0.375. The van der Waals surface area contributed by atoms with Gasteiger partial charge in [0, 0.05) is 0 Å². The van der Waals surface area contributed by atoms with E-state index in [0.29, 0.717) is 11.8 Å². The first-order chi connectivity index (χ1) is 10.2. The standard InChI is InChI=1S/C18H30.C2H6.CH3B/c1-8-16-12-18(6,7)11-15(5)9-14(4)10-17(16)13(2)3;2*1-2/h9-10,12-14H,8,11H2,1-7H3;1-2H3;1H3/b15-9?,16-12-,17-10-;;. The number of hydrogen-bond acceptors (Lipinski definition) is 0. The topological polar surface area (TPSA) is 0 Å². The molecular weight excluding hydrogens is 263 g/mol. The summed E-state index contributed by atoms with van der Waals surface area (Å²) in [5, 5.41) is 0. The minimum absolute atomic E-state index is 0.268. The molecule has 1 unspecified atom stereocenters. The van der Waals surface area contributed by atoms with Crippen LogP contribution in [0.2, 0.25) is 6.82 Å². The highest BCUT2D eigenvalue weighted by Crippen LogP contribution is 2.35. The summed E-state index contributed by atoms with van der Waals surface area (Å²) >= 11 is 0. The average Bonchev–Trinajstić information content (AvgIpc) is 2.49. The van der Waals surface area contributed by atoms with Crippen molar-refractivity contribution in [3.63, 3.8) is 0 Å². The van der Waals surface area contributed by atoms with E-state index in [1.165, 1.54) is 18.8 Å². The Bertz CT molecular complexity index is 381. The van der Waals surface area contributed by atoms with Gasteiger partial charge in [-0.3, -0.25) is 0 Å². The average molecular weight is 302 g/mol. The zero-order valence-electron chi connectivity index (χ0n) is 16.9. The van der Waals surface area contributed by atoms with E-state index < -0.39 is 0 Å². The van der Waals surface area contributed by atoms with Gasteiger partial charge < -0.3 is 0 Å². The molecule has 126 valence electrons. The first kappa shape index (κ1) is 23.5. The Morgan fingerprint density at radius 2 is 1.68 bits per heavy atom. The zero-order chi connectivity index (χ0) is 17.9. The van der Waals surface area contributed by atoms with E-state index in [-0.39, 0.29) is 5.41 Å². The van der Waals surface area contributed by atoms with Crippen LogP contribution < -0.4 is 0 Å². The van der Waals surface area contributed by atoms with Crippen molar-refractivity contribution in [1.29, 1.82) is 0 Å². The van der Waals surface area contributed by atoms with E-state index in [4.69, 9.17) is 0 Å². The molecule has 1 aliphatic rings. The van der Waals surface area contributed by atoms with Gasteiger partial charge in [0.2, 0.25) is 0 Å². The van der Waals surface area contributed by atoms with Crippen LogP contribution in [-0.2, 0) is 0 Å². The molecule has 0 bridgehead atoms. The Kier molecular flexibility index (Phi) is 12.6. The zero-order valence-corrected chi connectivity index (χ0v) is 16.9. The largest absolute Gasteiger partial charge is 0.0999 e. The Balaban J connectivity index is 0. The molecule has 0 saturated heterocycles. The summed E-state index contributed by atoms with van der Waals surface area (Å²) in [5.74, 6) is 1.16. The highest BCUT2D eigenvalue weighted by atomic mass is 14.3. The van der Waals surface area contributed by atoms with E-state index in [1.807, 2.05) is 13.8 Å². The lowest BCUT2D eigenvalue weighted by Gasteiger charge is -2.24. The maximum atomic E-state index is 4.50. The summed E-state index contributed by atoms with van der Waals surface area (Å²) in [5.41, 5.74) is 4.87. The molecular formula is C21H39B. The van der Waals surface area contributed by atoms with Crippen molar-refractivity contribution in [2.24, 2.45) is 17.3 Å². The third kappa shape index (κ3) is 8.66. The summed E-state index contributed by atoms with van der Waals surface area (Å²) in [6.45, 7) is 21.7. The van der Waals surface area contributed by atoms with Crippen LogP contribution >= 0.6 is 0 Å². The van der Waals surface area contributed by atoms with Gasteiger partial charge in [0.15, 0.2) is 0 Å². The van der Waals surface area contributed by atoms with Crippen molar-refractivity contribution >= 4 is 7.85 Å². The molecule has 1 aliphatic carbocycles. The fraction of sp³-hybridized carbons (Fsp3) is 0.714. The number of allylic oxidation sites excluding steroid dienone is 6. The first-order valence-electron chi connectivity index (χ1n) is 8.94. The van der Waals surface area contributed by atoms with E-state index in [1.54, 1.807) is 11.1 Å². The van der Waals surface area contributed by atoms with Gasteiger partial charge >= 0.3 is 0 Å². The number of rotatable bonds is 2. The molecule has 22 heavy (non-hydrogen) atoms. The van der Waals surface area contributed by atoms with Gasteiger partial charge in [-0.2, -0.15) is 0 Å². The van der Waals surface area contributed by atoms with Crippen molar-refractivity contribution < 1.29 is 0 Å². The van der Waals surface area contributed by atoms with E-state index >= 15 is 0 Å². The predicted molar refractivity (Wildman–Crippen MR) is 106 cm³/mol. The maximum Gasteiger partial charge on any atom is 0.0606 e. The van der Waals surface area contributed by atoms with Crippen LogP contribution in [0.15, 0.2) is 34.9 Å². The first-order valence-corrected chi connectivity index (χ1v) is 8.94. The number of hydrogen-bond donors (Lipinski definition) is 0. The Hall–Kier alpha value is -0.715. The summed E-state index contributed by atoms with van der Waals surface area (Å²) in [6, 6.07) is 0. The summed E-state index contributed by atoms with van der Waals surface area (Å²) in [4.78, 5) is 0. The molecule has 0 N–H and O–H groups in total. The Morgan fingerprint density at radius 3 is 2.09 bits per heavy atom. The molecule has 0 aromatic carbocycles. The molecule has 0 aromatic rings. The molecule has 0 nitrogen and oxygen atoms in total. The second-order valence-corrected chi connectivity index (χ2v) is 6.84. The lowest BCUT2D eigenvalue weighted by molar-refractivity contribution is 0.470. The van der Waals surface area contributed by atoms with Crippen molar-refractivity contribution in [2.75, 3.05) is 0 Å². The van der Waals surface area contributed by atoms with Crippen LogP contribution in [0.4, 0.5) is 0 Å². The monoisotopic (exact) mass is 302 g/mol. The van der Waals surface area contributed by atoms with Gasteiger partial charge in [0.1, 0.15) is 0 Å². The fourth-order valence-electron chi connectivity index (χ4n) is 3.14. The summed E-state index contributed by atoms with van der Waals surface area (Å²) in [7, 11) is 4.50. The molecule has 0 aliphatic heterocycles. The van der Waals surface area contributed by atoms with Crippen LogP contribution in [0.25, 0.3) is 0 Å². The predicted octanol–water partition coefficient (Wildman–Crippen LogP) is 7.15. The molecule has 1 atom stereocenters. The molecule has 0 saturated carbocycles. The third-order valence-electron chi connectivity index (χ3n) is 3.66. The van der Waals surface area contributed by atoms with Crippen LogP contribution in [0.1, 0.15) is 75.2 Å². The van der Waals surface area contributed by atoms with E-state index in [0.717, 1.165) is 6.42 Å². The lowest BCUT2D eigenvalue weighted by Crippen LogP contribution is -2.10. The normalized spacial score (nSPS) is 25.4. The summed E-state index contributed by atoms with van der Waals surface area (Å²) in [6.07, 6.45) is 9.70. The highest BCUT2D eigenvalue weighted by Gasteiger charge is 2.20. The lowest BCUT2D eigenvalue weighted by atomic mass is 9.81. The van der Waals surface area contributed by atoms with Crippen LogP contribution in [-0.4, -0.2) is 7.85 Å².